The molecule has 0 radical (unpaired) electrons. The van der Waals surface area contributed by atoms with Crippen LogP contribution in [0.2, 0.25) is 10.0 Å². The molecule has 146 valence electrons. The largest absolute Gasteiger partial charge is 0.436 e. The molecule has 9 heteroatoms. The van der Waals surface area contributed by atoms with E-state index in [1.165, 1.54) is 12.1 Å². The van der Waals surface area contributed by atoms with Gasteiger partial charge in [-0.2, -0.15) is 0 Å². The Hall–Kier alpha value is -2.22. The van der Waals surface area contributed by atoms with Crippen LogP contribution in [0.3, 0.4) is 0 Å². The van der Waals surface area contributed by atoms with Gasteiger partial charge < -0.3 is 14.4 Å². The molecular formula is C19H14Cl2F2N2O3. The summed E-state index contributed by atoms with van der Waals surface area (Å²) < 4.78 is 33.0. The van der Waals surface area contributed by atoms with Crippen LogP contribution in [0.25, 0.3) is 22.6 Å². The summed E-state index contributed by atoms with van der Waals surface area (Å²) in [7, 11) is 0. The molecule has 4 rings (SSSR count). The zero-order valence-corrected chi connectivity index (χ0v) is 15.8. The van der Waals surface area contributed by atoms with Gasteiger partial charge in [-0.1, -0.05) is 23.2 Å². The summed E-state index contributed by atoms with van der Waals surface area (Å²) in [4.78, 5) is 18.0. The highest BCUT2D eigenvalue weighted by Gasteiger charge is 2.46. The number of nitrogens with zero attached hydrogens (tertiary/aromatic N) is 2. The number of rotatable bonds is 3. The minimum atomic E-state index is -3.02. The minimum Gasteiger partial charge on any atom is -0.436 e. The highest BCUT2D eigenvalue weighted by atomic mass is 35.5. The van der Waals surface area contributed by atoms with Gasteiger partial charge in [0.1, 0.15) is 5.52 Å². The molecule has 0 spiro atoms. The molecule has 0 unspecified atom stereocenters. The van der Waals surface area contributed by atoms with Gasteiger partial charge in [-0.15, -0.1) is 0 Å². The summed E-state index contributed by atoms with van der Waals surface area (Å²) in [5, 5.41) is 10.2. The highest BCUT2D eigenvalue weighted by Crippen LogP contribution is 2.34. The van der Waals surface area contributed by atoms with E-state index in [1.54, 1.807) is 24.3 Å². The third kappa shape index (κ3) is 3.57. The van der Waals surface area contributed by atoms with Gasteiger partial charge >= 0.3 is 0 Å². The number of carbonyl (C=O) groups excluding carboxylic acids is 1. The van der Waals surface area contributed by atoms with Crippen LogP contribution < -0.4 is 0 Å². The average molecular weight is 427 g/mol. The normalized spacial score (nSPS) is 18.8. The van der Waals surface area contributed by atoms with Crippen molar-refractivity contribution in [2.75, 3.05) is 13.2 Å². The number of halogens is 4. The van der Waals surface area contributed by atoms with Gasteiger partial charge in [0.2, 0.25) is 5.89 Å². The van der Waals surface area contributed by atoms with Crippen molar-refractivity contribution >= 4 is 40.2 Å². The van der Waals surface area contributed by atoms with Crippen molar-refractivity contribution in [3.8, 4) is 11.5 Å². The van der Waals surface area contributed by atoms with E-state index in [-0.39, 0.29) is 11.5 Å². The Kier molecular flexibility index (Phi) is 4.77. The number of alkyl halides is 2. The number of benzene rings is 2. The maximum atomic E-state index is 13.7. The molecule has 2 aromatic carbocycles. The molecule has 1 aliphatic heterocycles. The van der Waals surface area contributed by atoms with Crippen molar-refractivity contribution < 1.29 is 23.1 Å². The molecule has 1 aromatic heterocycles. The fraction of sp³-hybridized carbons (Fsp3) is 0.263. The predicted octanol–water partition coefficient (Wildman–Crippen LogP) is 4.64. The molecule has 1 amide bonds. The molecular weight excluding hydrogens is 413 g/mol. The number of oxazole rings is 1. The second-order valence-corrected chi connectivity index (χ2v) is 7.56. The number of aromatic nitrogens is 1. The van der Waals surface area contributed by atoms with Crippen molar-refractivity contribution in [1.29, 1.82) is 0 Å². The number of likely N-dealkylation sites (tertiary alicyclic amines) is 1. The maximum Gasteiger partial charge on any atom is 0.267 e. The quantitative estimate of drug-likeness (QED) is 0.661. The van der Waals surface area contributed by atoms with Crippen molar-refractivity contribution in [2.24, 2.45) is 0 Å². The van der Waals surface area contributed by atoms with Gasteiger partial charge in [-0.3, -0.25) is 4.79 Å². The summed E-state index contributed by atoms with van der Waals surface area (Å²) in [5.41, 5.74) is 1.56. The molecule has 3 aromatic rings. The molecule has 1 aliphatic rings. The lowest BCUT2D eigenvalue weighted by Crippen LogP contribution is -2.38. The molecule has 28 heavy (non-hydrogen) atoms. The van der Waals surface area contributed by atoms with E-state index in [2.05, 4.69) is 4.98 Å². The standard InChI is InChI=1S/C19H14Cl2F2N2O3/c20-12-3-11(4-13(21)6-12)17-24-15-2-1-10(5-16(15)28-17)18(27)25-9-19(22,23)7-14(25)8-26/h1-6,14,26H,7-9H2/t14-/m0/s1. The van der Waals surface area contributed by atoms with E-state index < -0.39 is 37.4 Å². The fourth-order valence-electron chi connectivity index (χ4n) is 3.32. The van der Waals surface area contributed by atoms with Gasteiger partial charge in [0.25, 0.3) is 11.8 Å². The third-order valence-electron chi connectivity index (χ3n) is 4.59. The Morgan fingerprint density at radius 1 is 1.25 bits per heavy atom. The van der Waals surface area contributed by atoms with Crippen LogP contribution >= 0.6 is 23.2 Å². The van der Waals surface area contributed by atoms with Crippen LogP contribution in [0, 0.1) is 0 Å². The van der Waals surface area contributed by atoms with E-state index in [9.17, 15) is 18.7 Å². The number of amides is 1. The van der Waals surface area contributed by atoms with E-state index in [1.807, 2.05) is 0 Å². The molecule has 1 fully saturated rings. The van der Waals surface area contributed by atoms with Gasteiger partial charge in [0.15, 0.2) is 5.58 Å². The topological polar surface area (TPSA) is 66.6 Å². The first kappa shape index (κ1) is 19.1. The molecule has 5 nitrogen and oxygen atoms in total. The number of fused-ring (bicyclic) bond motifs is 1. The van der Waals surface area contributed by atoms with Crippen LogP contribution in [-0.2, 0) is 0 Å². The molecule has 0 bridgehead atoms. The van der Waals surface area contributed by atoms with E-state index in [4.69, 9.17) is 27.6 Å². The lowest BCUT2D eigenvalue weighted by molar-refractivity contribution is 0.0116. The second kappa shape index (κ2) is 6.99. The first-order valence-electron chi connectivity index (χ1n) is 8.42. The van der Waals surface area contributed by atoms with Crippen molar-refractivity contribution in [3.05, 3.63) is 52.0 Å². The Balaban J connectivity index is 1.67. The SMILES string of the molecule is O=C(c1ccc2nc(-c3cc(Cl)cc(Cl)c3)oc2c1)N1CC(F)(F)C[C@H]1CO. The monoisotopic (exact) mass is 426 g/mol. The minimum absolute atomic E-state index is 0.176. The van der Waals surface area contributed by atoms with E-state index in [0.717, 1.165) is 4.90 Å². The zero-order valence-electron chi connectivity index (χ0n) is 14.3. The Bertz CT molecular complexity index is 1050. The predicted molar refractivity (Wildman–Crippen MR) is 101 cm³/mol. The van der Waals surface area contributed by atoms with Crippen LogP contribution in [0.5, 0.6) is 0 Å². The van der Waals surface area contributed by atoms with Gasteiger partial charge in [0.05, 0.1) is 19.2 Å². The Morgan fingerprint density at radius 3 is 2.64 bits per heavy atom. The molecule has 0 saturated carbocycles. The van der Waals surface area contributed by atoms with E-state index >= 15 is 0 Å². The Morgan fingerprint density at radius 2 is 1.96 bits per heavy atom. The summed E-state index contributed by atoms with van der Waals surface area (Å²) in [5.74, 6) is -3.34. The number of carbonyl (C=O) groups is 1. The average Bonchev–Trinajstić information content (AvgIpc) is 3.19. The van der Waals surface area contributed by atoms with Crippen molar-refractivity contribution in [2.45, 2.75) is 18.4 Å². The maximum absolute atomic E-state index is 13.7. The van der Waals surface area contributed by atoms with Crippen molar-refractivity contribution in [1.82, 2.24) is 9.88 Å². The van der Waals surface area contributed by atoms with Gasteiger partial charge in [-0.25, -0.2) is 13.8 Å². The number of hydrogen-bond acceptors (Lipinski definition) is 4. The molecule has 1 N–H and O–H groups in total. The Labute approximate surface area is 168 Å². The number of aliphatic hydroxyl groups excluding tert-OH is 1. The van der Waals surface area contributed by atoms with Gasteiger partial charge in [0, 0.05) is 27.6 Å². The molecule has 2 heterocycles. The number of hydrogen-bond donors (Lipinski definition) is 1. The van der Waals surface area contributed by atoms with Crippen LogP contribution in [0.4, 0.5) is 8.78 Å². The lowest BCUT2D eigenvalue weighted by atomic mass is 10.1. The van der Waals surface area contributed by atoms with Gasteiger partial charge in [-0.05, 0) is 36.4 Å². The first-order chi connectivity index (χ1) is 13.3. The molecule has 1 atom stereocenters. The molecule has 0 aliphatic carbocycles. The third-order valence-corrected chi connectivity index (χ3v) is 5.03. The smallest absolute Gasteiger partial charge is 0.267 e. The lowest BCUT2D eigenvalue weighted by Gasteiger charge is -2.22. The summed E-state index contributed by atoms with van der Waals surface area (Å²) in [6.45, 7) is -1.25. The zero-order chi connectivity index (χ0) is 20.1. The fourth-order valence-corrected chi connectivity index (χ4v) is 3.85. The van der Waals surface area contributed by atoms with Crippen LogP contribution in [-0.4, -0.2) is 46.0 Å². The van der Waals surface area contributed by atoms with Crippen molar-refractivity contribution in [3.63, 3.8) is 0 Å². The summed E-state index contributed by atoms with van der Waals surface area (Å²) in [6, 6.07) is 8.46. The number of aliphatic hydroxyl groups is 1. The van der Waals surface area contributed by atoms with Crippen LogP contribution in [0.15, 0.2) is 40.8 Å². The summed E-state index contributed by atoms with van der Waals surface area (Å²) >= 11 is 12.0. The second-order valence-electron chi connectivity index (χ2n) is 6.69. The highest BCUT2D eigenvalue weighted by molar-refractivity contribution is 6.35. The van der Waals surface area contributed by atoms with Crippen LogP contribution in [0.1, 0.15) is 16.8 Å². The first-order valence-corrected chi connectivity index (χ1v) is 9.18. The van der Waals surface area contributed by atoms with E-state index in [0.29, 0.717) is 26.7 Å². The molecule has 1 saturated heterocycles. The summed E-state index contributed by atoms with van der Waals surface area (Å²) in [6.07, 6.45) is -0.556.